The molecule has 0 aromatic carbocycles. The predicted molar refractivity (Wildman–Crippen MR) is 44.2 cm³/mol. The number of hydrogen-bond donors (Lipinski definition) is 0. The second kappa shape index (κ2) is 5.36. The van der Waals surface area contributed by atoms with Crippen molar-refractivity contribution < 1.29 is 43.6 Å². The number of rotatable bonds is 3. The molecule has 12 heavy (non-hydrogen) atoms. The van der Waals surface area contributed by atoms with Crippen molar-refractivity contribution in [2.24, 2.45) is 0 Å². The van der Waals surface area contributed by atoms with Crippen LogP contribution in [-0.4, -0.2) is 15.0 Å². The molecule has 64 valence electrons. The fourth-order valence-corrected chi connectivity index (χ4v) is 2.52. The van der Waals surface area contributed by atoms with Gasteiger partial charge in [-0.1, -0.05) is 6.07 Å². The molecule has 1 heterocycles. The van der Waals surface area contributed by atoms with E-state index < -0.39 is 10.1 Å². The van der Waals surface area contributed by atoms with E-state index in [0.717, 1.165) is 11.3 Å². The van der Waals surface area contributed by atoms with Crippen LogP contribution in [-0.2, 0) is 14.3 Å². The van der Waals surface area contributed by atoms with Gasteiger partial charge < -0.3 is 1.43 Å². The molecule has 1 rings (SSSR count). The maximum atomic E-state index is 11.1. The molecule has 0 atom stereocenters. The van der Waals surface area contributed by atoms with Crippen molar-refractivity contribution in [2.75, 3.05) is 6.61 Å². The Morgan fingerprint density at radius 3 is 2.75 bits per heavy atom. The first-order valence-electron chi connectivity index (χ1n) is 3.10. The standard InChI is InChI=1S/C6H8O3S2.Na.H/c1-2-9-11(7,8)6-4-3-5-10-6;;/h3-5H,2H2,1H3;;/q;+1;-1. The van der Waals surface area contributed by atoms with Crippen molar-refractivity contribution in [1.82, 2.24) is 0 Å². The molecule has 1 aromatic heterocycles. The van der Waals surface area contributed by atoms with Crippen molar-refractivity contribution in [2.45, 2.75) is 11.1 Å². The average molecular weight is 216 g/mol. The molecule has 1 aromatic rings. The van der Waals surface area contributed by atoms with Crippen LogP contribution in [0.15, 0.2) is 21.7 Å². The topological polar surface area (TPSA) is 43.4 Å². The van der Waals surface area contributed by atoms with Gasteiger partial charge in [0, 0.05) is 0 Å². The Morgan fingerprint density at radius 1 is 1.67 bits per heavy atom. The summed E-state index contributed by atoms with van der Waals surface area (Å²) in [6.07, 6.45) is 0. The quantitative estimate of drug-likeness (QED) is 0.460. The van der Waals surface area contributed by atoms with Crippen LogP contribution >= 0.6 is 11.3 Å². The Kier molecular flexibility index (Phi) is 5.64. The molecular formula is C6H9NaO3S2. The van der Waals surface area contributed by atoms with E-state index in [4.69, 9.17) is 0 Å². The normalized spacial score (nSPS) is 10.8. The van der Waals surface area contributed by atoms with E-state index in [2.05, 4.69) is 4.18 Å². The third kappa shape index (κ3) is 3.16. The Bertz CT molecular complexity index is 309. The molecule has 0 N–H and O–H groups in total. The molecule has 0 radical (unpaired) electrons. The van der Waals surface area contributed by atoms with E-state index in [9.17, 15) is 8.42 Å². The Hall–Kier alpha value is 0.610. The Morgan fingerprint density at radius 2 is 2.33 bits per heavy atom. The molecule has 3 nitrogen and oxygen atoms in total. The minimum Gasteiger partial charge on any atom is -1.00 e. The molecule has 0 aliphatic heterocycles. The van der Waals surface area contributed by atoms with Crippen molar-refractivity contribution in [3.63, 3.8) is 0 Å². The van der Waals surface area contributed by atoms with Crippen LogP contribution < -0.4 is 29.6 Å². The zero-order valence-electron chi connectivity index (χ0n) is 7.98. The fraction of sp³-hybridized carbons (Fsp3) is 0.333. The third-order valence-corrected chi connectivity index (χ3v) is 3.75. The summed E-state index contributed by atoms with van der Waals surface area (Å²) in [7, 11) is -3.45. The van der Waals surface area contributed by atoms with Gasteiger partial charge in [-0.25, -0.2) is 0 Å². The molecule has 0 amide bonds. The number of hydrogen-bond acceptors (Lipinski definition) is 4. The summed E-state index contributed by atoms with van der Waals surface area (Å²) in [4.78, 5) is 0. The van der Waals surface area contributed by atoms with Gasteiger partial charge in [0.05, 0.1) is 6.61 Å². The zero-order chi connectivity index (χ0) is 8.32. The fourth-order valence-electron chi connectivity index (χ4n) is 0.619. The SMILES string of the molecule is CCOS(=O)(=O)c1cccs1.[H-].[Na+]. The second-order valence-corrected chi connectivity index (χ2v) is 4.58. The average Bonchev–Trinajstić information content (AvgIpc) is 2.37. The summed E-state index contributed by atoms with van der Waals surface area (Å²) in [6.45, 7) is 1.82. The van der Waals surface area contributed by atoms with Crippen LogP contribution in [0.2, 0.25) is 0 Å². The Labute approximate surface area is 99.6 Å². The molecular weight excluding hydrogens is 207 g/mol. The van der Waals surface area contributed by atoms with Gasteiger partial charge in [0.25, 0.3) is 0 Å². The van der Waals surface area contributed by atoms with Crippen molar-refractivity contribution in [3.8, 4) is 0 Å². The summed E-state index contributed by atoms with van der Waals surface area (Å²) >= 11 is 1.16. The van der Waals surface area contributed by atoms with E-state index in [-0.39, 0.29) is 41.8 Å². The van der Waals surface area contributed by atoms with Crippen LogP contribution in [0.1, 0.15) is 8.35 Å². The van der Waals surface area contributed by atoms with Gasteiger partial charge >= 0.3 is 39.7 Å². The minimum absolute atomic E-state index is 0. The Balaban J connectivity index is 0. The number of thiophene rings is 1. The maximum Gasteiger partial charge on any atom is 1.00 e. The van der Waals surface area contributed by atoms with Gasteiger partial charge in [-0.15, -0.1) is 11.3 Å². The molecule has 0 saturated carbocycles. The van der Waals surface area contributed by atoms with Gasteiger partial charge in [0.15, 0.2) is 0 Å². The monoisotopic (exact) mass is 216 g/mol. The minimum atomic E-state index is -3.45. The van der Waals surface area contributed by atoms with Crippen molar-refractivity contribution >= 4 is 21.5 Å². The summed E-state index contributed by atoms with van der Waals surface area (Å²) in [5, 5.41) is 1.70. The van der Waals surface area contributed by atoms with Crippen LogP contribution in [0.4, 0.5) is 0 Å². The largest absolute Gasteiger partial charge is 1.00 e. The van der Waals surface area contributed by atoms with Gasteiger partial charge in [-0.05, 0) is 18.4 Å². The third-order valence-electron chi connectivity index (χ3n) is 1.01. The molecule has 6 heteroatoms. The van der Waals surface area contributed by atoms with Crippen LogP contribution in [0, 0.1) is 0 Å². The molecule has 0 aliphatic carbocycles. The van der Waals surface area contributed by atoms with Crippen LogP contribution in [0.25, 0.3) is 0 Å². The molecule has 0 fully saturated rings. The molecule has 0 bridgehead atoms. The zero-order valence-corrected chi connectivity index (χ0v) is 10.6. The second-order valence-electron chi connectivity index (χ2n) is 1.79. The van der Waals surface area contributed by atoms with Crippen LogP contribution in [0.5, 0.6) is 0 Å². The van der Waals surface area contributed by atoms with E-state index >= 15 is 0 Å². The smallest absolute Gasteiger partial charge is 1.00 e. The molecule has 0 spiro atoms. The van der Waals surface area contributed by atoms with Gasteiger partial charge in [-0.3, -0.25) is 4.18 Å². The van der Waals surface area contributed by atoms with Gasteiger partial charge in [0.2, 0.25) is 0 Å². The summed E-state index contributed by atoms with van der Waals surface area (Å²) in [5.41, 5.74) is 0. The van der Waals surface area contributed by atoms with Crippen molar-refractivity contribution in [3.05, 3.63) is 17.5 Å². The van der Waals surface area contributed by atoms with E-state index in [1.165, 1.54) is 6.07 Å². The molecule has 0 aliphatic rings. The first-order chi connectivity index (χ1) is 5.17. The summed E-state index contributed by atoms with van der Waals surface area (Å²) in [5.74, 6) is 0. The van der Waals surface area contributed by atoms with Gasteiger partial charge in [-0.2, -0.15) is 8.42 Å². The summed E-state index contributed by atoms with van der Waals surface area (Å²) < 4.78 is 27.0. The maximum absolute atomic E-state index is 11.1. The van der Waals surface area contributed by atoms with E-state index in [1.54, 1.807) is 18.4 Å². The van der Waals surface area contributed by atoms with Crippen molar-refractivity contribution in [1.29, 1.82) is 0 Å². The summed E-state index contributed by atoms with van der Waals surface area (Å²) in [6, 6.07) is 3.20. The predicted octanol–water partition coefficient (Wildman–Crippen LogP) is -1.41. The molecule has 0 saturated heterocycles. The van der Waals surface area contributed by atoms with E-state index in [0.29, 0.717) is 0 Å². The first kappa shape index (κ1) is 12.6. The van der Waals surface area contributed by atoms with Crippen LogP contribution in [0.3, 0.4) is 0 Å². The van der Waals surface area contributed by atoms with Gasteiger partial charge in [0.1, 0.15) is 4.21 Å². The van der Waals surface area contributed by atoms with E-state index in [1.807, 2.05) is 0 Å². The first-order valence-corrected chi connectivity index (χ1v) is 5.38. The molecule has 0 unspecified atom stereocenters.